The predicted octanol–water partition coefficient (Wildman–Crippen LogP) is 2.20. The van der Waals surface area contributed by atoms with E-state index in [0.717, 1.165) is 29.8 Å². The molecule has 1 N–H and O–H groups in total. The van der Waals surface area contributed by atoms with E-state index < -0.39 is 0 Å². The highest BCUT2D eigenvalue weighted by Gasteiger charge is 2.10. The van der Waals surface area contributed by atoms with Gasteiger partial charge in [-0.1, -0.05) is 17.9 Å². The van der Waals surface area contributed by atoms with Gasteiger partial charge >= 0.3 is 0 Å². The molecule has 20 heavy (non-hydrogen) atoms. The number of ether oxygens (including phenoxy) is 1. The number of hydrogen-bond acceptors (Lipinski definition) is 3. The molecular formula is C17H23NO2. The van der Waals surface area contributed by atoms with Gasteiger partial charge in [0.2, 0.25) is 0 Å². The van der Waals surface area contributed by atoms with Gasteiger partial charge in [-0.25, -0.2) is 0 Å². The summed E-state index contributed by atoms with van der Waals surface area (Å²) < 4.78 is 5.84. The minimum atomic E-state index is -0.123. The molecule has 0 spiro atoms. The van der Waals surface area contributed by atoms with Crippen LogP contribution in [-0.4, -0.2) is 42.9 Å². The molecule has 3 heteroatoms. The fourth-order valence-corrected chi connectivity index (χ4v) is 2.48. The molecule has 1 saturated heterocycles. The molecule has 0 aliphatic carbocycles. The van der Waals surface area contributed by atoms with Crippen LogP contribution in [0, 0.1) is 18.8 Å². The zero-order valence-electron chi connectivity index (χ0n) is 12.2. The van der Waals surface area contributed by atoms with Gasteiger partial charge in [0.15, 0.2) is 0 Å². The van der Waals surface area contributed by atoms with E-state index in [-0.39, 0.29) is 6.61 Å². The Morgan fingerprint density at radius 2 is 2.10 bits per heavy atom. The third kappa shape index (κ3) is 4.56. The van der Waals surface area contributed by atoms with Gasteiger partial charge in [0.25, 0.3) is 0 Å². The van der Waals surface area contributed by atoms with Gasteiger partial charge in [0.05, 0.1) is 12.2 Å². The van der Waals surface area contributed by atoms with Gasteiger partial charge in [-0.2, -0.15) is 0 Å². The van der Waals surface area contributed by atoms with E-state index in [1.807, 2.05) is 25.1 Å². The molecule has 0 unspecified atom stereocenters. The maximum Gasteiger partial charge on any atom is 0.134 e. The van der Waals surface area contributed by atoms with Gasteiger partial charge < -0.3 is 14.7 Å². The Hall–Kier alpha value is -1.50. The van der Waals surface area contributed by atoms with Crippen molar-refractivity contribution in [2.75, 3.05) is 32.8 Å². The summed E-state index contributed by atoms with van der Waals surface area (Å²) in [4.78, 5) is 2.49. The average molecular weight is 273 g/mol. The van der Waals surface area contributed by atoms with Gasteiger partial charge in [0, 0.05) is 6.54 Å². The number of hydrogen-bond donors (Lipinski definition) is 1. The standard InChI is InChI=1S/C17H23NO2/c1-15-7-8-17(16(14-15)6-4-12-19)20-13-5-11-18-9-2-3-10-18/h7-8,14,19H,2-3,5,9-13H2,1H3. The Balaban J connectivity index is 1.84. The number of benzene rings is 1. The number of aryl methyl sites for hydroxylation is 1. The average Bonchev–Trinajstić information content (AvgIpc) is 2.96. The number of rotatable bonds is 5. The van der Waals surface area contributed by atoms with Gasteiger partial charge in [-0.05, 0) is 57.0 Å². The van der Waals surface area contributed by atoms with Crippen molar-refractivity contribution in [3.8, 4) is 17.6 Å². The second-order valence-corrected chi connectivity index (χ2v) is 5.21. The van der Waals surface area contributed by atoms with Crippen LogP contribution in [0.4, 0.5) is 0 Å². The van der Waals surface area contributed by atoms with Gasteiger partial charge in [0.1, 0.15) is 12.4 Å². The summed E-state index contributed by atoms with van der Waals surface area (Å²) in [6.45, 7) is 6.20. The quantitative estimate of drug-likeness (QED) is 0.659. The van der Waals surface area contributed by atoms with E-state index in [0.29, 0.717) is 6.61 Å². The molecule has 1 aromatic carbocycles. The Kier molecular flexibility index (Phi) is 5.91. The fourth-order valence-electron chi connectivity index (χ4n) is 2.48. The molecule has 1 heterocycles. The number of aliphatic hydroxyl groups excluding tert-OH is 1. The van der Waals surface area contributed by atoms with E-state index in [4.69, 9.17) is 9.84 Å². The lowest BCUT2D eigenvalue weighted by Gasteiger charge is -2.15. The minimum absolute atomic E-state index is 0.123. The van der Waals surface area contributed by atoms with Crippen LogP contribution < -0.4 is 4.74 Å². The van der Waals surface area contributed by atoms with Gasteiger partial charge in [-0.3, -0.25) is 0 Å². The maximum atomic E-state index is 8.80. The Morgan fingerprint density at radius 3 is 2.85 bits per heavy atom. The monoisotopic (exact) mass is 273 g/mol. The molecule has 0 bridgehead atoms. The highest BCUT2D eigenvalue weighted by molar-refractivity contribution is 5.48. The summed E-state index contributed by atoms with van der Waals surface area (Å²) in [6, 6.07) is 5.99. The van der Waals surface area contributed by atoms with Crippen LogP contribution in [0.1, 0.15) is 30.4 Å². The van der Waals surface area contributed by atoms with Crippen LogP contribution in [0.25, 0.3) is 0 Å². The van der Waals surface area contributed by atoms with Crippen molar-refractivity contribution in [1.29, 1.82) is 0 Å². The lowest BCUT2D eigenvalue weighted by atomic mass is 10.1. The maximum absolute atomic E-state index is 8.80. The van der Waals surface area contributed by atoms with Crippen LogP contribution in [-0.2, 0) is 0 Å². The smallest absolute Gasteiger partial charge is 0.134 e. The summed E-state index contributed by atoms with van der Waals surface area (Å²) >= 11 is 0. The topological polar surface area (TPSA) is 32.7 Å². The minimum Gasteiger partial charge on any atom is -0.492 e. The normalized spacial score (nSPS) is 14.9. The summed E-state index contributed by atoms with van der Waals surface area (Å²) in [5.74, 6) is 6.45. The number of nitrogens with zero attached hydrogens (tertiary/aromatic N) is 1. The molecule has 1 aliphatic rings. The summed E-state index contributed by atoms with van der Waals surface area (Å²) in [5.41, 5.74) is 2.01. The molecule has 2 rings (SSSR count). The zero-order valence-corrected chi connectivity index (χ0v) is 12.2. The molecule has 108 valence electrons. The van der Waals surface area contributed by atoms with Crippen molar-refractivity contribution in [2.45, 2.75) is 26.2 Å². The summed E-state index contributed by atoms with van der Waals surface area (Å²) in [7, 11) is 0. The summed E-state index contributed by atoms with van der Waals surface area (Å²) in [6.07, 6.45) is 3.71. The Morgan fingerprint density at radius 1 is 1.30 bits per heavy atom. The molecule has 0 amide bonds. The highest BCUT2D eigenvalue weighted by atomic mass is 16.5. The van der Waals surface area contributed by atoms with Crippen LogP contribution in [0.3, 0.4) is 0 Å². The van der Waals surface area contributed by atoms with E-state index in [2.05, 4.69) is 16.7 Å². The van der Waals surface area contributed by atoms with Crippen LogP contribution in [0.2, 0.25) is 0 Å². The molecule has 0 saturated carbocycles. The van der Waals surface area contributed by atoms with Crippen LogP contribution >= 0.6 is 0 Å². The van der Waals surface area contributed by atoms with E-state index in [1.165, 1.54) is 25.9 Å². The number of likely N-dealkylation sites (tertiary alicyclic amines) is 1. The van der Waals surface area contributed by atoms with E-state index in [9.17, 15) is 0 Å². The Labute approximate surface area is 121 Å². The van der Waals surface area contributed by atoms with Crippen molar-refractivity contribution in [3.05, 3.63) is 29.3 Å². The van der Waals surface area contributed by atoms with Crippen molar-refractivity contribution < 1.29 is 9.84 Å². The first-order valence-electron chi connectivity index (χ1n) is 7.35. The Bertz CT molecular complexity index is 481. The predicted molar refractivity (Wildman–Crippen MR) is 80.9 cm³/mol. The first-order chi connectivity index (χ1) is 9.79. The first-order valence-corrected chi connectivity index (χ1v) is 7.35. The third-order valence-electron chi connectivity index (χ3n) is 3.51. The van der Waals surface area contributed by atoms with Crippen LogP contribution in [0.15, 0.2) is 18.2 Å². The molecule has 3 nitrogen and oxygen atoms in total. The van der Waals surface area contributed by atoms with Crippen molar-refractivity contribution in [2.24, 2.45) is 0 Å². The second-order valence-electron chi connectivity index (χ2n) is 5.21. The van der Waals surface area contributed by atoms with Gasteiger partial charge in [-0.15, -0.1) is 0 Å². The lowest BCUT2D eigenvalue weighted by molar-refractivity contribution is 0.263. The molecule has 0 aromatic heterocycles. The lowest BCUT2D eigenvalue weighted by Crippen LogP contribution is -2.21. The molecule has 1 fully saturated rings. The van der Waals surface area contributed by atoms with Crippen molar-refractivity contribution >= 4 is 0 Å². The highest BCUT2D eigenvalue weighted by Crippen LogP contribution is 2.19. The molecule has 0 radical (unpaired) electrons. The van der Waals surface area contributed by atoms with Crippen molar-refractivity contribution in [3.63, 3.8) is 0 Å². The molecule has 1 aromatic rings. The van der Waals surface area contributed by atoms with Crippen molar-refractivity contribution in [1.82, 2.24) is 4.90 Å². The largest absolute Gasteiger partial charge is 0.492 e. The molecular weight excluding hydrogens is 250 g/mol. The SMILES string of the molecule is Cc1ccc(OCCCN2CCCC2)c(C#CCO)c1. The van der Waals surface area contributed by atoms with Crippen LogP contribution in [0.5, 0.6) is 5.75 Å². The number of aliphatic hydroxyl groups is 1. The molecule has 1 aliphatic heterocycles. The van der Waals surface area contributed by atoms with E-state index in [1.54, 1.807) is 0 Å². The third-order valence-corrected chi connectivity index (χ3v) is 3.51. The summed E-state index contributed by atoms with van der Waals surface area (Å²) in [5, 5.41) is 8.80. The fraction of sp³-hybridized carbons (Fsp3) is 0.529. The molecule has 0 atom stereocenters. The zero-order chi connectivity index (χ0) is 14.2. The second kappa shape index (κ2) is 7.94. The first kappa shape index (κ1) is 14.9. The van der Waals surface area contributed by atoms with E-state index >= 15 is 0 Å².